The van der Waals surface area contributed by atoms with Crippen molar-refractivity contribution in [2.75, 3.05) is 18.5 Å². The van der Waals surface area contributed by atoms with Gasteiger partial charge in [-0.2, -0.15) is 0 Å². The average molecular weight is 286 g/mol. The third kappa shape index (κ3) is 3.22. The maximum absolute atomic E-state index is 9.34. The Bertz CT molecular complexity index is 348. The largest absolute Gasteiger partial charge is 0.396 e. The minimum absolute atomic E-state index is 0.0524. The summed E-state index contributed by atoms with van der Waals surface area (Å²) in [6, 6.07) is 6.15. The first kappa shape index (κ1) is 13.5. The van der Waals surface area contributed by atoms with Crippen molar-refractivity contribution in [1.82, 2.24) is 0 Å². The molecule has 90 valence electrons. The number of hydrogen-bond acceptors (Lipinski definition) is 2. The van der Waals surface area contributed by atoms with E-state index in [0.29, 0.717) is 0 Å². The molecule has 0 aliphatic carbocycles. The van der Waals surface area contributed by atoms with Gasteiger partial charge in [-0.1, -0.05) is 26.0 Å². The predicted octanol–water partition coefficient (Wildman–Crippen LogP) is 3.58. The van der Waals surface area contributed by atoms with Gasteiger partial charge in [0.1, 0.15) is 0 Å². The van der Waals surface area contributed by atoms with Crippen LogP contribution in [-0.2, 0) is 0 Å². The van der Waals surface area contributed by atoms with Crippen LogP contribution >= 0.6 is 15.9 Å². The van der Waals surface area contributed by atoms with Crippen molar-refractivity contribution in [2.24, 2.45) is 5.41 Å². The number of aliphatic hydroxyl groups excluding tert-OH is 1. The van der Waals surface area contributed by atoms with E-state index < -0.39 is 0 Å². The van der Waals surface area contributed by atoms with Gasteiger partial charge in [-0.25, -0.2) is 0 Å². The molecule has 3 heteroatoms. The van der Waals surface area contributed by atoms with E-state index in [9.17, 15) is 5.11 Å². The highest BCUT2D eigenvalue weighted by atomic mass is 79.9. The van der Waals surface area contributed by atoms with E-state index in [-0.39, 0.29) is 12.0 Å². The molecule has 0 aliphatic heterocycles. The third-order valence-electron chi connectivity index (χ3n) is 3.13. The summed E-state index contributed by atoms with van der Waals surface area (Å²) in [4.78, 5) is 0. The number of aliphatic hydroxyl groups is 1. The van der Waals surface area contributed by atoms with Gasteiger partial charge in [0.15, 0.2) is 0 Å². The quantitative estimate of drug-likeness (QED) is 0.867. The monoisotopic (exact) mass is 285 g/mol. The highest BCUT2D eigenvalue weighted by Gasteiger charge is 2.20. The fourth-order valence-corrected chi connectivity index (χ4v) is 1.79. The molecule has 0 aromatic heterocycles. The maximum atomic E-state index is 9.34. The molecule has 1 aromatic carbocycles. The molecular formula is C13H20BrNO. The van der Waals surface area contributed by atoms with E-state index >= 15 is 0 Å². The van der Waals surface area contributed by atoms with Crippen molar-refractivity contribution in [3.8, 4) is 0 Å². The topological polar surface area (TPSA) is 32.3 Å². The van der Waals surface area contributed by atoms with Crippen LogP contribution in [0.3, 0.4) is 0 Å². The van der Waals surface area contributed by atoms with Crippen LogP contribution in [0.5, 0.6) is 0 Å². The van der Waals surface area contributed by atoms with Crippen LogP contribution in [0, 0.1) is 12.3 Å². The summed E-state index contributed by atoms with van der Waals surface area (Å²) in [7, 11) is 0. The van der Waals surface area contributed by atoms with E-state index in [1.54, 1.807) is 0 Å². The molecule has 0 fully saturated rings. The first-order valence-corrected chi connectivity index (χ1v) is 6.41. The van der Waals surface area contributed by atoms with Gasteiger partial charge in [0.05, 0.1) is 6.61 Å². The number of rotatable bonds is 5. The molecule has 0 bridgehead atoms. The number of hydrogen-bond donors (Lipinski definition) is 2. The molecule has 1 aromatic rings. The SMILES string of the molecule is CCC(C)(CO)CNc1cccc(C)c1Br. The Morgan fingerprint density at radius 3 is 2.69 bits per heavy atom. The molecule has 1 unspecified atom stereocenters. The van der Waals surface area contributed by atoms with Crippen molar-refractivity contribution < 1.29 is 5.11 Å². The van der Waals surface area contributed by atoms with E-state index in [0.717, 1.165) is 23.1 Å². The molecule has 0 amide bonds. The van der Waals surface area contributed by atoms with Crippen molar-refractivity contribution >= 4 is 21.6 Å². The summed E-state index contributed by atoms with van der Waals surface area (Å²) in [5.74, 6) is 0. The fourth-order valence-electron chi connectivity index (χ4n) is 1.39. The highest BCUT2D eigenvalue weighted by Crippen LogP contribution is 2.28. The lowest BCUT2D eigenvalue weighted by Crippen LogP contribution is -2.29. The van der Waals surface area contributed by atoms with Crippen LogP contribution in [0.2, 0.25) is 0 Å². The van der Waals surface area contributed by atoms with Crippen molar-refractivity contribution in [3.63, 3.8) is 0 Å². The standard InChI is InChI=1S/C13H20BrNO/c1-4-13(3,9-16)8-15-11-7-5-6-10(2)12(11)14/h5-7,15-16H,4,8-9H2,1-3H3. The Morgan fingerprint density at radius 1 is 1.44 bits per heavy atom. The molecule has 1 atom stereocenters. The van der Waals surface area contributed by atoms with Gasteiger partial charge >= 0.3 is 0 Å². The second kappa shape index (κ2) is 5.69. The van der Waals surface area contributed by atoms with Crippen molar-refractivity contribution in [3.05, 3.63) is 28.2 Å². The molecule has 1 rings (SSSR count). The van der Waals surface area contributed by atoms with Gasteiger partial charge in [-0.15, -0.1) is 0 Å². The molecule has 2 N–H and O–H groups in total. The molecule has 0 radical (unpaired) electrons. The Hall–Kier alpha value is -0.540. The minimum atomic E-state index is -0.0524. The molecule has 2 nitrogen and oxygen atoms in total. The number of benzene rings is 1. The molecule has 0 heterocycles. The van der Waals surface area contributed by atoms with Crippen LogP contribution in [0.25, 0.3) is 0 Å². The Morgan fingerprint density at radius 2 is 2.12 bits per heavy atom. The number of halogens is 1. The zero-order valence-corrected chi connectivity index (χ0v) is 11.8. The Labute approximate surface area is 106 Å². The summed E-state index contributed by atoms with van der Waals surface area (Å²) in [5, 5.41) is 12.7. The summed E-state index contributed by atoms with van der Waals surface area (Å²) in [5.41, 5.74) is 2.25. The molecule has 0 spiro atoms. The lowest BCUT2D eigenvalue weighted by Gasteiger charge is -2.26. The van der Waals surface area contributed by atoms with Gasteiger partial charge in [0, 0.05) is 22.1 Å². The maximum Gasteiger partial charge on any atom is 0.0501 e. The van der Waals surface area contributed by atoms with E-state index in [4.69, 9.17) is 0 Å². The first-order chi connectivity index (χ1) is 7.52. The summed E-state index contributed by atoms with van der Waals surface area (Å²) in [6.45, 7) is 7.25. The molecule has 0 aliphatic rings. The summed E-state index contributed by atoms with van der Waals surface area (Å²) >= 11 is 3.57. The van der Waals surface area contributed by atoms with Crippen LogP contribution in [-0.4, -0.2) is 18.3 Å². The van der Waals surface area contributed by atoms with Crippen LogP contribution in [0.15, 0.2) is 22.7 Å². The summed E-state index contributed by atoms with van der Waals surface area (Å²) < 4.78 is 1.10. The van der Waals surface area contributed by atoms with Crippen LogP contribution in [0.1, 0.15) is 25.8 Å². The first-order valence-electron chi connectivity index (χ1n) is 5.62. The van der Waals surface area contributed by atoms with Crippen molar-refractivity contribution in [2.45, 2.75) is 27.2 Å². The smallest absolute Gasteiger partial charge is 0.0501 e. The average Bonchev–Trinajstić information content (AvgIpc) is 2.31. The molecule has 16 heavy (non-hydrogen) atoms. The number of aryl methyl sites for hydroxylation is 1. The Kier molecular flexibility index (Phi) is 4.81. The number of nitrogens with one attached hydrogen (secondary N) is 1. The molecular weight excluding hydrogens is 266 g/mol. The van der Waals surface area contributed by atoms with Gasteiger partial charge in [0.2, 0.25) is 0 Å². The lowest BCUT2D eigenvalue weighted by atomic mass is 9.88. The predicted molar refractivity (Wildman–Crippen MR) is 72.9 cm³/mol. The van der Waals surface area contributed by atoms with Crippen LogP contribution < -0.4 is 5.32 Å². The lowest BCUT2D eigenvalue weighted by molar-refractivity contribution is 0.149. The third-order valence-corrected chi connectivity index (χ3v) is 4.19. The highest BCUT2D eigenvalue weighted by molar-refractivity contribution is 9.10. The van der Waals surface area contributed by atoms with Gasteiger partial charge < -0.3 is 10.4 Å². The van der Waals surface area contributed by atoms with Gasteiger partial charge in [-0.3, -0.25) is 0 Å². The Balaban J connectivity index is 2.71. The van der Waals surface area contributed by atoms with Crippen LogP contribution in [0.4, 0.5) is 5.69 Å². The molecule has 0 saturated heterocycles. The molecule has 0 saturated carbocycles. The van der Waals surface area contributed by atoms with E-state index in [1.807, 2.05) is 12.1 Å². The summed E-state index contributed by atoms with van der Waals surface area (Å²) in [6.07, 6.45) is 0.958. The zero-order chi connectivity index (χ0) is 12.2. The second-order valence-electron chi connectivity index (χ2n) is 4.61. The minimum Gasteiger partial charge on any atom is -0.396 e. The van der Waals surface area contributed by atoms with Crippen molar-refractivity contribution in [1.29, 1.82) is 0 Å². The van der Waals surface area contributed by atoms with Gasteiger partial charge in [-0.05, 0) is 40.9 Å². The second-order valence-corrected chi connectivity index (χ2v) is 5.41. The van der Waals surface area contributed by atoms with E-state index in [1.165, 1.54) is 5.56 Å². The fraction of sp³-hybridized carbons (Fsp3) is 0.538. The normalized spacial score (nSPS) is 14.6. The van der Waals surface area contributed by atoms with E-state index in [2.05, 4.69) is 48.1 Å². The number of anilines is 1. The van der Waals surface area contributed by atoms with Gasteiger partial charge in [0.25, 0.3) is 0 Å². The zero-order valence-electron chi connectivity index (χ0n) is 10.2.